The normalized spacial score (nSPS) is 13.2. The minimum absolute atomic E-state index is 0.563. The molecule has 4 rings (SSSR count). The summed E-state index contributed by atoms with van der Waals surface area (Å²) in [5.74, 6) is 2.75. The Morgan fingerprint density at radius 1 is 1.00 bits per heavy atom. The molecule has 29 heavy (non-hydrogen) atoms. The van der Waals surface area contributed by atoms with Crippen molar-refractivity contribution in [2.24, 2.45) is 0 Å². The number of rotatable bonds is 5. The zero-order valence-corrected chi connectivity index (χ0v) is 17.5. The van der Waals surface area contributed by atoms with E-state index in [2.05, 4.69) is 5.32 Å². The van der Waals surface area contributed by atoms with Gasteiger partial charge < -0.3 is 19.5 Å². The Morgan fingerprint density at radius 2 is 1.72 bits per heavy atom. The first kappa shape index (κ1) is 19.5. The molecule has 0 radical (unpaired) electrons. The number of anilines is 1. The van der Waals surface area contributed by atoms with Crippen molar-refractivity contribution in [1.29, 1.82) is 0 Å². The van der Waals surface area contributed by atoms with Crippen molar-refractivity contribution < 1.29 is 14.2 Å². The second kappa shape index (κ2) is 8.25. The topological polar surface area (TPSA) is 57.5 Å². The number of hydrogen-bond acceptors (Lipinski definition) is 5. The Balaban J connectivity index is 1.94. The summed E-state index contributed by atoms with van der Waals surface area (Å²) in [6, 6.07) is 11.6. The van der Waals surface area contributed by atoms with Crippen molar-refractivity contribution >= 4 is 17.4 Å². The molecule has 0 spiro atoms. The minimum Gasteiger partial charge on any atom is -0.493 e. The van der Waals surface area contributed by atoms with Crippen LogP contribution in [0, 0.1) is 0 Å². The van der Waals surface area contributed by atoms with Gasteiger partial charge in [0.25, 0.3) is 0 Å². The van der Waals surface area contributed by atoms with Gasteiger partial charge in [-0.05, 0) is 43.5 Å². The fraction of sp³-hybridized carbons (Fsp3) is 0.318. The predicted octanol–water partition coefficient (Wildman–Crippen LogP) is 4.97. The molecule has 2 heterocycles. The number of nitrogens with zero attached hydrogens (tertiary/aromatic N) is 2. The van der Waals surface area contributed by atoms with Crippen LogP contribution in [-0.2, 0) is 6.42 Å². The van der Waals surface area contributed by atoms with Crippen LogP contribution in [0.4, 0.5) is 5.82 Å². The second-order valence-electron chi connectivity index (χ2n) is 6.84. The molecule has 0 fully saturated rings. The van der Waals surface area contributed by atoms with Crippen LogP contribution in [0.3, 0.4) is 0 Å². The van der Waals surface area contributed by atoms with Gasteiger partial charge >= 0.3 is 0 Å². The van der Waals surface area contributed by atoms with Crippen LogP contribution in [0.5, 0.6) is 17.2 Å². The van der Waals surface area contributed by atoms with Crippen molar-refractivity contribution in [1.82, 2.24) is 9.78 Å². The van der Waals surface area contributed by atoms with Crippen LogP contribution in [-0.4, -0.2) is 37.7 Å². The van der Waals surface area contributed by atoms with Gasteiger partial charge in [0.05, 0.1) is 37.7 Å². The number of aromatic nitrogens is 2. The summed E-state index contributed by atoms with van der Waals surface area (Å²) in [5.41, 5.74) is 3.80. The SMILES string of the molecule is COc1cc(-c2nn(-c3ccccc3Cl)c3c2CCCCN3)cc(OC)c1OC. The van der Waals surface area contributed by atoms with Crippen LogP contribution >= 0.6 is 11.6 Å². The molecule has 0 unspecified atom stereocenters. The lowest BCUT2D eigenvalue weighted by Crippen LogP contribution is -2.07. The van der Waals surface area contributed by atoms with E-state index in [4.69, 9.17) is 30.9 Å². The van der Waals surface area contributed by atoms with Crippen molar-refractivity contribution in [3.63, 3.8) is 0 Å². The van der Waals surface area contributed by atoms with E-state index in [0.717, 1.165) is 54.1 Å². The van der Waals surface area contributed by atoms with Gasteiger partial charge in [0, 0.05) is 17.7 Å². The highest BCUT2D eigenvalue weighted by Gasteiger charge is 2.24. The first-order chi connectivity index (χ1) is 14.2. The van der Waals surface area contributed by atoms with E-state index in [-0.39, 0.29) is 0 Å². The van der Waals surface area contributed by atoms with Gasteiger partial charge in [0.1, 0.15) is 5.82 Å². The summed E-state index contributed by atoms with van der Waals surface area (Å²) < 4.78 is 18.5. The van der Waals surface area contributed by atoms with Gasteiger partial charge in [-0.3, -0.25) is 0 Å². The predicted molar refractivity (Wildman–Crippen MR) is 115 cm³/mol. The van der Waals surface area contributed by atoms with Crippen molar-refractivity contribution in [3.8, 4) is 34.2 Å². The van der Waals surface area contributed by atoms with Crippen molar-refractivity contribution in [3.05, 3.63) is 47.0 Å². The van der Waals surface area contributed by atoms with E-state index in [1.54, 1.807) is 21.3 Å². The number of methoxy groups -OCH3 is 3. The molecule has 2 aromatic carbocycles. The maximum Gasteiger partial charge on any atom is 0.203 e. The van der Waals surface area contributed by atoms with Gasteiger partial charge in [-0.15, -0.1) is 0 Å². The molecule has 0 bridgehead atoms. The third kappa shape index (κ3) is 3.49. The quantitative estimate of drug-likeness (QED) is 0.640. The second-order valence-corrected chi connectivity index (χ2v) is 7.24. The molecular formula is C22H24ClN3O3. The van der Waals surface area contributed by atoms with Crippen molar-refractivity contribution in [2.45, 2.75) is 19.3 Å². The lowest BCUT2D eigenvalue weighted by atomic mass is 10.0. The van der Waals surface area contributed by atoms with E-state index in [0.29, 0.717) is 22.3 Å². The molecule has 0 amide bonds. The molecule has 1 aliphatic heterocycles. The molecule has 3 aromatic rings. The largest absolute Gasteiger partial charge is 0.493 e. The Labute approximate surface area is 175 Å². The summed E-state index contributed by atoms with van der Waals surface area (Å²) in [6.07, 6.45) is 3.12. The van der Waals surface area contributed by atoms with Crippen LogP contribution < -0.4 is 19.5 Å². The zero-order chi connectivity index (χ0) is 20.4. The van der Waals surface area contributed by atoms with Crippen LogP contribution in [0.2, 0.25) is 5.02 Å². The Kier molecular flexibility index (Phi) is 5.53. The molecule has 0 saturated heterocycles. The number of nitrogens with one attached hydrogen (secondary N) is 1. The molecule has 1 aliphatic rings. The first-order valence-corrected chi connectivity index (χ1v) is 9.96. The number of benzene rings is 2. The molecule has 7 heteroatoms. The van der Waals surface area contributed by atoms with Gasteiger partial charge in [-0.1, -0.05) is 23.7 Å². The Bertz CT molecular complexity index is 1010. The monoisotopic (exact) mass is 413 g/mol. The van der Waals surface area contributed by atoms with Crippen LogP contribution in [0.15, 0.2) is 36.4 Å². The summed E-state index contributed by atoms with van der Waals surface area (Å²) in [4.78, 5) is 0. The maximum absolute atomic E-state index is 6.49. The maximum atomic E-state index is 6.49. The van der Waals surface area contributed by atoms with E-state index in [1.807, 2.05) is 41.1 Å². The zero-order valence-electron chi connectivity index (χ0n) is 16.8. The summed E-state index contributed by atoms with van der Waals surface area (Å²) in [6.45, 7) is 0.901. The molecule has 0 aliphatic carbocycles. The summed E-state index contributed by atoms with van der Waals surface area (Å²) >= 11 is 6.49. The minimum atomic E-state index is 0.563. The van der Waals surface area contributed by atoms with E-state index >= 15 is 0 Å². The van der Waals surface area contributed by atoms with E-state index in [9.17, 15) is 0 Å². The van der Waals surface area contributed by atoms with E-state index in [1.165, 1.54) is 0 Å². The molecule has 1 N–H and O–H groups in total. The Morgan fingerprint density at radius 3 is 2.38 bits per heavy atom. The smallest absolute Gasteiger partial charge is 0.203 e. The van der Waals surface area contributed by atoms with Crippen molar-refractivity contribution in [2.75, 3.05) is 33.2 Å². The average molecular weight is 414 g/mol. The highest BCUT2D eigenvalue weighted by molar-refractivity contribution is 6.32. The summed E-state index contributed by atoms with van der Waals surface area (Å²) in [5, 5.41) is 9.16. The molecule has 6 nitrogen and oxygen atoms in total. The summed E-state index contributed by atoms with van der Waals surface area (Å²) in [7, 11) is 4.83. The fourth-order valence-electron chi connectivity index (χ4n) is 3.75. The number of para-hydroxylation sites is 1. The number of fused-ring (bicyclic) bond motifs is 1. The standard InChI is InChI=1S/C22H24ClN3O3/c1-27-18-12-14(13-19(28-2)21(18)29-3)20-15-8-6-7-11-24-22(15)26(25-20)17-10-5-4-9-16(17)23/h4-5,9-10,12-13,24H,6-8,11H2,1-3H3. The number of hydrogen-bond donors (Lipinski definition) is 1. The molecule has 0 saturated carbocycles. The van der Waals surface area contributed by atoms with Crippen LogP contribution in [0.1, 0.15) is 18.4 Å². The molecule has 1 aromatic heterocycles. The van der Waals surface area contributed by atoms with Crippen LogP contribution in [0.25, 0.3) is 16.9 Å². The molecule has 0 atom stereocenters. The lowest BCUT2D eigenvalue weighted by molar-refractivity contribution is 0.324. The molecular weight excluding hydrogens is 390 g/mol. The fourth-order valence-corrected chi connectivity index (χ4v) is 3.97. The third-order valence-electron chi connectivity index (χ3n) is 5.15. The lowest BCUT2D eigenvalue weighted by Gasteiger charge is -2.14. The van der Waals surface area contributed by atoms with Gasteiger partial charge in [0.2, 0.25) is 5.75 Å². The molecule has 152 valence electrons. The van der Waals surface area contributed by atoms with Gasteiger partial charge in [-0.25, -0.2) is 4.68 Å². The first-order valence-electron chi connectivity index (χ1n) is 9.59. The number of halogens is 1. The van der Waals surface area contributed by atoms with Gasteiger partial charge in [0.15, 0.2) is 11.5 Å². The van der Waals surface area contributed by atoms with Gasteiger partial charge in [-0.2, -0.15) is 5.10 Å². The third-order valence-corrected chi connectivity index (χ3v) is 5.47. The number of ether oxygens (including phenoxy) is 3. The Hall–Kier alpha value is -2.86. The van der Waals surface area contributed by atoms with E-state index < -0.39 is 0 Å². The highest BCUT2D eigenvalue weighted by atomic mass is 35.5. The highest BCUT2D eigenvalue weighted by Crippen LogP contribution is 2.43. The average Bonchev–Trinajstić information content (AvgIpc) is 2.93.